The molecule has 5 nitrogen and oxygen atoms in total. The highest BCUT2D eigenvalue weighted by Crippen LogP contribution is 2.26. The maximum Gasteiger partial charge on any atom is 0.216 e. The molecular weight excluding hydrogens is 278 g/mol. The molecule has 0 spiro atoms. The molecule has 6 heteroatoms. The van der Waals surface area contributed by atoms with E-state index >= 15 is 0 Å². The molecule has 0 radical (unpaired) electrons. The molecule has 1 aliphatic heterocycles. The Hall–Kier alpha value is -0.950. The van der Waals surface area contributed by atoms with E-state index in [0.29, 0.717) is 18.6 Å². The number of aliphatic hydroxyl groups excluding tert-OH is 1. The average molecular weight is 299 g/mol. The van der Waals surface area contributed by atoms with Crippen molar-refractivity contribution in [2.24, 2.45) is 0 Å². The maximum absolute atomic E-state index is 12.2. The molecule has 2 N–H and O–H groups in total. The third-order valence-corrected chi connectivity index (χ3v) is 5.33. The summed E-state index contributed by atoms with van der Waals surface area (Å²) in [6, 6.07) is 6.91. The molecule has 1 aromatic rings. The fourth-order valence-corrected chi connectivity index (χ4v) is 4.00. The average Bonchev–Trinajstić information content (AvgIpc) is 2.68. The SMILES string of the molecule is CC1OCCC1(C)NS(=O)(=O)Cc1ccc(CO)cc1. The molecule has 1 aromatic carbocycles. The highest BCUT2D eigenvalue weighted by atomic mass is 32.2. The monoisotopic (exact) mass is 299 g/mol. The third kappa shape index (κ3) is 3.58. The lowest BCUT2D eigenvalue weighted by atomic mass is 9.97. The minimum absolute atomic E-state index is 0.0434. The molecule has 112 valence electrons. The largest absolute Gasteiger partial charge is 0.392 e. The lowest BCUT2D eigenvalue weighted by molar-refractivity contribution is 0.0957. The van der Waals surface area contributed by atoms with E-state index in [4.69, 9.17) is 9.84 Å². The van der Waals surface area contributed by atoms with E-state index in [1.165, 1.54) is 0 Å². The molecule has 0 bridgehead atoms. The lowest BCUT2D eigenvalue weighted by Crippen LogP contribution is -2.50. The number of aliphatic hydroxyl groups is 1. The van der Waals surface area contributed by atoms with Crippen LogP contribution in [0.1, 0.15) is 31.4 Å². The van der Waals surface area contributed by atoms with Gasteiger partial charge in [-0.3, -0.25) is 0 Å². The Morgan fingerprint density at radius 1 is 1.35 bits per heavy atom. The van der Waals surface area contributed by atoms with Gasteiger partial charge in [0.2, 0.25) is 10.0 Å². The predicted molar refractivity (Wildman–Crippen MR) is 76.6 cm³/mol. The van der Waals surface area contributed by atoms with Crippen LogP contribution in [0.5, 0.6) is 0 Å². The fourth-order valence-electron chi connectivity index (χ4n) is 2.32. The number of ether oxygens (including phenoxy) is 1. The van der Waals surface area contributed by atoms with Crippen molar-refractivity contribution < 1.29 is 18.3 Å². The molecule has 0 amide bonds. The van der Waals surface area contributed by atoms with Crippen molar-refractivity contribution in [3.05, 3.63) is 35.4 Å². The summed E-state index contributed by atoms with van der Waals surface area (Å²) in [7, 11) is -3.42. The predicted octanol–water partition coefficient (Wildman–Crippen LogP) is 1.17. The van der Waals surface area contributed by atoms with Gasteiger partial charge in [0, 0.05) is 6.61 Å². The highest BCUT2D eigenvalue weighted by Gasteiger charge is 2.40. The van der Waals surface area contributed by atoms with Gasteiger partial charge >= 0.3 is 0 Å². The van der Waals surface area contributed by atoms with Crippen molar-refractivity contribution in [3.63, 3.8) is 0 Å². The zero-order valence-corrected chi connectivity index (χ0v) is 12.6. The molecule has 2 atom stereocenters. The van der Waals surface area contributed by atoms with Gasteiger partial charge < -0.3 is 9.84 Å². The van der Waals surface area contributed by atoms with Crippen molar-refractivity contribution in [3.8, 4) is 0 Å². The van der Waals surface area contributed by atoms with Crippen LogP contribution in [0.3, 0.4) is 0 Å². The van der Waals surface area contributed by atoms with Crippen LogP contribution in [0.15, 0.2) is 24.3 Å². The van der Waals surface area contributed by atoms with Crippen molar-refractivity contribution >= 4 is 10.0 Å². The Labute approximate surface area is 120 Å². The Morgan fingerprint density at radius 3 is 2.45 bits per heavy atom. The summed E-state index contributed by atoms with van der Waals surface area (Å²) in [4.78, 5) is 0. The number of hydrogen-bond acceptors (Lipinski definition) is 4. The van der Waals surface area contributed by atoms with Crippen molar-refractivity contribution in [1.82, 2.24) is 4.72 Å². The van der Waals surface area contributed by atoms with Crippen LogP contribution < -0.4 is 4.72 Å². The van der Waals surface area contributed by atoms with Gasteiger partial charge in [-0.2, -0.15) is 0 Å². The van der Waals surface area contributed by atoms with E-state index in [1.807, 2.05) is 13.8 Å². The van der Waals surface area contributed by atoms with E-state index in [1.54, 1.807) is 24.3 Å². The van der Waals surface area contributed by atoms with Gasteiger partial charge in [-0.25, -0.2) is 13.1 Å². The summed E-state index contributed by atoms with van der Waals surface area (Å²) in [5.74, 6) is -0.0684. The number of nitrogens with one attached hydrogen (secondary N) is 1. The van der Waals surface area contributed by atoms with Crippen LogP contribution in [0.25, 0.3) is 0 Å². The molecule has 1 saturated heterocycles. The first-order chi connectivity index (χ1) is 9.35. The molecular formula is C14H21NO4S. The number of sulfonamides is 1. The lowest BCUT2D eigenvalue weighted by Gasteiger charge is -2.28. The molecule has 20 heavy (non-hydrogen) atoms. The molecule has 2 rings (SSSR count). The minimum Gasteiger partial charge on any atom is -0.392 e. The van der Waals surface area contributed by atoms with Gasteiger partial charge in [0.15, 0.2) is 0 Å². The van der Waals surface area contributed by atoms with Gasteiger partial charge in [-0.15, -0.1) is 0 Å². The molecule has 1 fully saturated rings. The van der Waals surface area contributed by atoms with Gasteiger partial charge in [-0.05, 0) is 31.4 Å². The zero-order valence-electron chi connectivity index (χ0n) is 11.8. The topological polar surface area (TPSA) is 75.6 Å². The molecule has 0 aromatic heterocycles. The van der Waals surface area contributed by atoms with E-state index in [-0.39, 0.29) is 18.5 Å². The minimum atomic E-state index is -3.42. The van der Waals surface area contributed by atoms with Crippen molar-refractivity contribution in [1.29, 1.82) is 0 Å². The van der Waals surface area contributed by atoms with Crippen molar-refractivity contribution in [2.75, 3.05) is 6.61 Å². The normalized spacial score (nSPS) is 26.9. The summed E-state index contributed by atoms with van der Waals surface area (Å²) >= 11 is 0. The van der Waals surface area contributed by atoms with E-state index in [2.05, 4.69) is 4.72 Å². The Balaban J connectivity index is 2.07. The quantitative estimate of drug-likeness (QED) is 0.855. The van der Waals surface area contributed by atoms with Crippen LogP contribution in [0.2, 0.25) is 0 Å². The number of rotatable bonds is 5. The van der Waals surface area contributed by atoms with Crippen molar-refractivity contribution in [2.45, 2.75) is 44.3 Å². The molecule has 0 aliphatic carbocycles. The molecule has 0 saturated carbocycles. The van der Waals surface area contributed by atoms with Crippen LogP contribution >= 0.6 is 0 Å². The van der Waals surface area contributed by atoms with Crippen LogP contribution in [-0.2, 0) is 27.1 Å². The van der Waals surface area contributed by atoms with Gasteiger partial charge in [-0.1, -0.05) is 24.3 Å². The summed E-state index contributed by atoms with van der Waals surface area (Å²) in [5.41, 5.74) is 0.929. The van der Waals surface area contributed by atoms with Gasteiger partial charge in [0.05, 0.1) is 24.0 Å². The van der Waals surface area contributed by atoms with E-state index < -0.39 is 15.6 Å². The Morgan fingerprint density at radius 2 is 1.95 bits per heavy atom. The zero-order chi connectivity index (χ0) is 14.8. The second kappa shape index (κ2) is 5.81. The Kier molecular flexibility index (Phi) is 4.49. The smallest absolute Gasteiger partial charge is 0.216 e. The van der Waals surface area contributed by atoms with E-state index in [0.717, 1.165) is 5.56 Å². The first kappa shape index (κ1) is 15.4. The number of hydrogen-bond donors (Lipinski definition) is 2. The van der Waals surface area contributed by atoms with Gasteiger partial charge in [0.25, 0.3) is 0 Å². The van der Waals surface area contributed by atoms with Gasteiger partial charge in [0.1, 0.15) is 0 Å². The summed E-state index contributed by atoms with van der Waals surface area (Å²) in [6.45, 7) is 4.28. The van der Waals surface area contributed by atoms with Crippen LogP contribution in [0.4, 0.5) is 0 Å². The third-order valence-electron chi connectivity index (χ3n) is 3.84. The standard InChI is InChI=1S/C14H21NO4S/c1-11-14(2,7-8-19-11)15-20(17,18)10-13-5-3-12(9-16)4-6-13/h3-6,11,15-16H,7-10H2,1-2H3. The first-order valence-corrected chi connectivity index (χ1v) is 8.32. The maximum atomic E-state index is 12.2. The summed E-state index contributed by atoms with van der Waals surface area (Å²) < 4.78 is 32.7. The Bertz CT molecular complexity index is 555. The first-order valence-electron chi connectivity index (χ1n) is 6.66. The summed E-state index contributed by atoms with van der Waals surface area (Å²) in [6.07, 6.45) is 0.547. The van der Waals surface area contributed by atoms with Crippen LogP contribution in [-0.4, -0.2) is 31.8 Å². The highest BCUT2D eigenvalue weighted by molar-refractivity contribution is 7.88. The number of benzene rings is 1. The van der Waals surface area contributed by atoms with E-state index in [9.17, 15) is 8.42 Å². The molecule has 1 heterocycles. The van der Waals surface area contributed by atoms with Crippen LogP contribution in [0, 0.1) is 0 Å². The summed E-state index contributed by atoms with van der Waals surface area (Å²) in [5, 5.41) is 8.97. The second-order valence-electron chi connectivity index (χ2n) is 5.52. The molecule has 2 unspecified atom stereocenters. The second-order valence-corrected chi connectivity index (χ2v) is 7.24. The molecule has 1 aliphatic rings. The fraction of sp³-hybridized carbons (Fsp3) is 0.571.